The van der Waals surface area contributed by atoms with E-state index in [4.69, 9.17) is 4.74 Å². The van der Waals surface area contributed by atoms with Crippen molar-refractivity contribution in [2.45, 2.75) is 50.9 Å². The van der Waals surface area contributed by atoms with E-state index in [1.807, 2.05) is 13.8 Å². The van der Waals surface area contributed by atoms with Crippen LogP contribution in [-0.4, -0.2) is 22.9 Å². The van der Waals surface area contributed by atoms with Crippen molar-refractivity contribution in [2.75, 3.05) is 0 Å². The second-order valence-electron chi connectivity index (χ2n) is 5.19. The summed E-state index contributed by atoms with van der Waals surface area (Å²) in [6.45, 7) is 3.95. The third-order valence-electron chi connectivity index (χ3n) is 3.25. The molecule has 94 valence electrons. The highest BCUT2D eigenvalue weighted by Crippen LogP contribution is 2.31. The maximum atomic E-state index is 12.8. The van der Waals surface area contributed by atoms with E-state index in [0.717, 1.165) is 5.56 Å². The van der Waals surface area contributed by atoms with Gasteiger partial charge in [0.2, 0.25) is 0 Å². The first-order chi connectivity index (χ1) is 7.97. The summed E-state index contributed by atoms with van der Waals surface area (Å²) < 4.78 is 18.4. The Morgan fingerprint density at radius 1 is 1.24 bits per heavy atom. The van der Waals surface area contributed by atoms with E-state index in [1.165, 1.54) is 12.1 Å². The lowest BCUT2D eigenvalue weighted by molar-refractivity contribution is -0.130. The Kier molecular flexibility index (Phi) is 3.50. The smallest absolute Gasteiger partial charge is 0.123 e. The van der Waals surface area contributed by atoms with Crippen molar-refractivity contribution in [3.8, 4) is 0 Å². The summed E-state index contributed by atoms with van der Waals surface area (Å²) in [6, 6.07) is 6.34. The summed E-state index contributed by atoms with van der Waals surface area (Å²) >= 11 is 0. The topological polar surface area (TPSA) is 29.5 Å². The molecule has 0 aliphatic carbocycles. The second kappa shape index (κ2) is 4.75. The van der Waals surface area contributed by atoms with Gasteiger partial charge in [-0.25, -0.2) is 4.39 Å². The summed E-state index contributed by atoms with van der Waals surface area (Å²) in [6.07, 6.45) is 1.97. The number of benzene rings is 1. The van der Waals surface area contributed by atoms with Gasteiger partial charge in [-0.2, -0.15) is 0 Å². The van der Waals surface area contributed by atoms with Crippen LogP contribution >= 0.6 is 0 Å². The largest absolute Gasteiger partial charge is 0.389 e. The zero-order chi connectivity index (χ0) is 12.5. The Balaban J connectivity index is 2.08. The molecule has 2 nitrogen and oxygen atoms in total. The Bertz CT molecular complexity index is 364. The van der Waals surface area contributed by atoms with Gasteiger partial charge < -0.3 is 9.84 Å². The number of hydrogen-bond acceptors (Lipinski definition) is 2. The molecule has 1 aromatic carbocycles. The van der Waals surface area contributed by atoms with Gasteiger partial charge in [0, 0.05) is 19.3 Å². The summed E-state index contributed by atoms with van der Waals surface area (Å²) in [7, 11) is 0. The van der Waals surface area contributed by atoms with Crippen LogP contribution in [0.5, 0.6) is 0 Å². The van der Waals surface area contributed by atoms with Crippen molar-refractivity contribution in [1.82, 2.24) is 0 Å². The average molecular weight is 238 g/mol. The van der Waals surface area contributed by atoms with Crippen molar-refractivity contribution in [2.24, 2.45) is 0 Å². The van der Waals surface area contributed by atoms with Gasteiger partial charge in [-0.15, -0.1) is 0 Å². The Labute approximate surface area is 101 Å². The van der Waals surface area contributed by atoms with Gasteiger partial charge in [0.1, 0.15) is 5.82 Å². The van der Waals surface area contributed by atoms with Gasteiger partial charge in [0.05, 0.1) is 17.8 Å². The molecule has 3 heteroatoms. The van der Waals surface area contributed by atoms with Gasteiger partial charge in [-0.1, -0.05) is 12.1 Å². The monoisotopic (exact) mass is 238 g/mol. The average Bonchev–Trinajstić information content (AvgIpc) is 2.19. The van der Waals surface area contributed by atoms with Crippen LogP contribution in [0, 0.1) is 5.82 Å². The molecule has 2 rings (SSSR count). The van der Waals surface area contributed by atoms with Crippen LogP contribution in [0.25, 0.3) is 0 Å². The molecular weight excluding hydrogens is 219 g/mol. The normalized spacial score (nSPS) is 33.6. The molecule has 1 aromatic rings. The van der Waals surface area contributed by atoms with Crippen LogP contribution in [0.15, 0.2) is 24.3 Å². The fraction of sp³-hybridized carbons (Fsp3) is 0.571. The highest BCUT2D eigenvalue weighted by atomic mass is 19.1. The molecule has 0 spiro atoms. The standard InChI is InChI=1S/C14H19FO2/c1-10-7-14(16,8-11(2)17-10)9-12-3-5-13(15)6-4-12/h3-6,10-11,16H,7-9H2,1-2H3. The van der Waals surface area contributed by atoms with Crippen molar-refractivity contribution < 1.29 is 14.2 Å². The highest BCUT2D eigenvalue weighted by molar-refractivity contribution is 5.18. The quantitative estimate of drug-likeness (QED) is 0.858. The van der Waals surface area contributed by atoms with Crippen molar-refractivity contribution >= 4 is 0 Å². The van der Waals surface area contributed by atoms with Crippen LogP contribution in [0.4, 0.5) is 4.39 Å². The molecule has 17 heavy (non-hydrogen) atoms. The van der Waals surface area contributed by atoms with Gasteiger partial charge >= 0.3 is 0 Å². The van der Waals surface area contributed by atoms with Gasteiger partial charge in [-0.3, -0.25) is 0 Å². The van der Waals surface area contributed by atoms with E-state index in [-0.39, 0.29) is 18.0 Å². The van der Waals surface area contributed by atoms with Gasteiger partial charge in [0.25, 0.3) is 0 Å². The fourth-order valence-electron chi connectivity index (χ4n) is 2.77. The lowest BCUT2D eigenvalue weighted by atomic mass is 9.82. The van der Waals surface area contributed by atoms with Crippen molar-refractivity contribution in [3.63, 3.8) is 0 Å². The zero-order valence-electron chi connectivity index (χ0n) is 10.3. The minimum absolute atomic E-state index is 0.0733. The Morgan fingerprint density at radius 3 is 2.29 bits per heavy atom. The zero-order valence-corrected chi connectivity index (χ0v) is 10.3. The van der Waals surface area contributed by atoms with Crippen molar-refractivity contribution in [1.29, 1.82) is 0 Å². The van der Waals surface area contributed by atoms with Gasteiger partial charge in [-0.05, 0) is 31.5 Å². The summed E-state index contributed by atoms with van der Waals surface area (Å²) in [5.74, 6) is -0.241. The minimum Gasteiger partial charge on any atom is -0.389 e. The maximum absolute atomic E-state index is 12.8. The molecule has 1 aliphatic rings. The second-order valence-corrected chi connectivity index (χ2v) is 5.19. The molecule has 2 atom stereocenters. The van der Waals surface area contributed by atoms with Crippen LogP contribution in [0.1, 0.15) is 32.3 Å². The molecule has 1 saturated heterocycles. The molecule has 1 fully saturated rings. The first-order valence-electron chi connectivity index (χ1n) is 6.09. The lowest BCUT2D eigenvalue weighted by Gasteiger charge is -2.39. The van der Waals surface area contributed by atoms with Crippen LogP contribution in [0.2, 0.25) is 0 Å². The third-order valence-corrected chi connectivity index (χ3v) is 3.25. The SMILES string of the molecule is CC1CC(O)(Cc2ccc(F)cc2)CC(C)O1. The number of aliphatic hydroxyl groups is 1. The molecule has 1 aliphatic heterocycles. The van der Waals surface area contributed by atoms with Crippen LogP contribution in [-0.2, 0) is 11.2 Å². The summed E-state index contributed by atoms with van der Waals surface area (Å²) in [5, 5.41) is 10.6. The summed E-state index contributed by atoms with van der Waals surface area (Å²) in [4.78, 5) is 0. The maximum Gasteiger partial charge on any atom is 0.123 e. The molecule has 0 bridgehead atoms. The van der Waals surface area contributed by atoms with E-state index >= 15 is 0 Å². The van der Waals surface area contributed by atoms with E-state index in [9.17, 15) is 9.50 Å². The minimum atomic E-state index is -0.727. The third kappa shape index (κ3) is 3.27. The summed E-state index contributed by atoms with van der Waals surface area (Å²) in [5.41, 5.74) is 0.241. The van der Waals surface area contributed by atoms with E-state index in [2.05, 4.69) is 0 Å². The molecule has 0 saturated carbocycles. The van der Waals surface area contributed by atoms with Crippen LogP contribution < -0.4 is 0 Å². The molecule has 0 radical (unpaired) electrons. The molecule has 2 unspecified atom stereocenters. The van der Waals surface area contributed by atoms with E-state index in [1.54, 1.807) is 12.1 Å². The predicted molar refractivity (Wildman–Crippen MR) is 64.3 cm³/mol. The van der Waals surface area contributed by atoms with Crippen molar-refractivity contribution in [3.05, 3.63) is 35.6 Å². The molecular formula is C14H19FO2. The Morgan fingerprint density at radius 2 is 1.76 bits per heavy atom. The van der Waals surface area contributed by atoms with E-state index in [0.29, 0.717) is 19.3 Å². The van der Waals surface area contributed by atoms with E-state index < -0.39 is 5.60 Å². The lowest BCUT2D eigenvalue weighted by Crippen LogP contribution is -2.44. The molecule has 0 amide bonds. The van der Waals surface area contributed by atoms with Gasteiger partial charge in [0.15, 0.2) is 0 Å². The predicted octanol–water partition coefficient (Wildman–Crippen LogP) is 2.69. The molecule has 1 N–H and O–H groups in total. The Hall–Kier alpha value is -0.930. The number of rotatable bonds is 2. The van der Waals surface area contributed by atoms with Crippen LogP contribution in [0.3, 0.4) is 0 Å². The first-order valence-corrected chi connectivity index (χ1v) is 6.09. The first kappa shape index (κ1) is 12.5. The highest BCUT2D eigenvalue weighted by Gasteiger charge is 2.36. The fourth-order valence-corrected chi connectivity index (χ4v) is 2.77. The molecule has 0 aromatic heterocycles. The number of hydrogen-bond donors (Lipinski definition) is 1. The molecule has 1 heterocycles. The number of ether oxygens (including phenoxy) is 1. The number of halogens is 1.